The molecule has 0 saturated heterocycles. The van der Waals surface area contributed by atoms with Crippen LogP contribution in [0.15, 0.2) is 140 Å². The molecule has 1 amide bonds. The number of benzene rings is 5. The van der Waals surface area contributed by atoms with E-state index in [1.54, 1.807) is 45.0 Å². The number of aromatic amines is 1. The molecule has 0 aliphatic rings. The van der Waals surface area contributed by atoms with Gasteiger partial charge in [0.25, 0.3) is 0 Å². The summed E-state index contributed by atoms with van der Waals surface area (Å²) in [7, 11) is 0. The van der Waals surface area contributed by atoms with Crippen LogP contribution < -0.4 is 25.0 Å². The molecule has 8 heteroatoms. The summed E-state index contributed by atoms with van der Waals surface area (Å²) in [4.78, 5) is 28.9. The number of alkyl carbamates (subject to hydrolysis) is 1. The molecule has 5 aromatic carbocycles. The fraction of sp³-hybridized carbons (Fsp3) is 0.239. The molecule has 6 aromatic rings. The average molecular weight is 724 g/mol. The number of carbonyl (C=O) groups is 2. The highest BCUT2D eigenvalue weighted by atomic mass is 16.6. The molecule has 0 unspecified atom stereocenters. The summed E-state index contributed by atoms with van der Waals surface area (Å²) >= 11 is 0. The molecule has 0 spiro atoms. The lowest BCUT2D eigenvalue weighted by Gasteiger charge is -2.24. The van der Waals surface area contributed by atoms with Gasteiger partial charge in [-0.1, -0.05) is 109 Å². The summed E-state index contributed by atoms with van der Waals surface area (Å²) in [6.07, 6.45) is 3.45. The standard InChI is InChI=1S/C25H24N2.C21H25NO5/c1-3-27(4-2)24-16-17-26-18-23(24)25-21-13-9-8-12-20(21)14-15-22(25)19-10-6-5-7-11-19;1-21(2,3)27-20(25)22-18(19(23)24)13-15-9-11-17(12-10-15)26-14-16-7-5-4-6-8-16/h5-18H,3-4H2,1-2H3;4-12,18H,13-14H2,1-3H3,(H,22,25)(H,23,24)/t;18-/m.1/s1. The highest BCUT2D eigenvalue weighted by Gasteiger charge is 2.21. The topological polar surface area (TPSA) is 105 Å². The van der Waals surface area contributed by atoms with Crippen LogP contribution in [0.25, 0.3) is 33.0 Å². The number of amides is 1. The predicted octanol–water partition coefficient (Wildman–Crippen LogP) is 8.29. The second kappa shape index (κ2) is 18.6. The van der Waals surface area contributed by atoms with E-state index in [0.29, 0.717) is 12.4 Å². The van der Waals surface area contributed by atoms with Crippen LogP contribution >= 0.6 is 0 Å². The molecule has 6 rings (SSSR count). The maximum absolute atomic E-state index is 11.8. The van der Waals surface area contributed by atoms with Crippen molar-refractivity contribution in [3.05, 3.63) is 151 Å². The van der Waals surface area contributed by atoms with Crippen molar-refractivity contribution < 1.29 is 29.2 Å². The number of hydrogen-bond donors (Lipinski definition) is 1. The van der Waals surface area contributed by atoms with Gasteiger partial charge in [-0.15, -0.1) is 0 Å². The molecule has 0 aliphatic heterocycles. The third-order valence-corrected chi connectivity index (χ3v) is 8.82. The summed E-state index contributed by atoms with van der Waals surface area (Å²) in [6.45, 7) is 12.0. The van der Waals surface area contributed by atoms with Crippen LogP contribution in [0.1, 0.15) is 45.7 Å². The molecular formula is C46H49N3O5. The van der Waals surface area contributed by atoms with Crippen LogP contribution in [0.4, 0.5) is 10.5 Å². The quantitative estimate of drug-likeness (QED) is 0.136. The second-order valence-electron chi connectivity index (χ2n) is 13.8. The normalized spacial score (nSPS) is 11.5. The van der Waals surface area contributed by atoms with E-state index in [2.05, 4.69) is 108 Å². The number of fused-ring (bicyclic) bond motifs is 1. The zero-order chi connectivity index (χ0) is 38.5. The minimum atomic E-state index is -1.37. The molecule has 0 aliphatic carbocycles. The maximum atomic E-state index is 11.8. The average Bonchev–Trinajstić information content (AvgIpc) is 3.18. The third kappa shape index (κ3) is 10.7. The Kier molecular flexibility index (Phi) is 13.4. The third-order valence-electron chi connectivity index (χ3n) is 8.82. The number of nitrogens with zero attached hydrogens (tertiary/aromatic N) is 1. The molecule has 0 saturated carbocycles. The Morgan fingerprint density at radius 2 is 1.41 bits per heavy atom. The van der Waals surface area contributed by atoms with Gasteiger partial charge in [0.2, 0.25) is 0 Å². The Hall–Kier alpha value is -6.15. The molecule has 54 heavy (non-hydrogen) atoms. The summed E-state index contributed by atoms with van der Waals surface area (Å²) in [5, 5.41) is 16.2. The number of H-pyrrole nitrogens is 1. The van der Waals surface area contributed by atoms with Gasteiger partial charge in [-0.2, -0.15) is 0 Å². The van der Waals surface area contributed by atoms with E-state index in [9.17, 15) is 14.7 Å². The molecule has 0 fully saturated rings. The van der Waals surface area contributed by atoms with E-state index < -0.39 is 23.7 Å². The first-order valence-electron chi connectivity index (χ1n) is 18.3. The Morgan fingerprint density at radius 3 is 2.06 bits per heavy atom. The van der Waals surface area contributed by atoms with Crippen molar-refractivity contribution in [3.63, 3.8) is 0 Å². The summed E-state index contributed by atoms with van der Waals surface area (Å²) in [5.41, 5.74) is 7.39. The van der Waals surface area contributed by atoms with Crippen LogP contribution in [0, 0.1) is 0 Å². The Balaban J connectivity index is 0.000000208. The zero-order valence-corrected chi connectivity index (χ0v) is 31.7. The van der Waals surface area contributed by atoms with Gasteiger partial charge < -0.3 is 29.6 Å². The fourth-order valence-corrected chi connectivity index (χ4v) is 6.22. The monoisotopic (exact) mass is 723 g/mol. The molecule has 0 radical (unpaired) electrons. The predicted molar refractivity (Wildman–Crippen MR) is 214 cm³/mol. The number of pyridine rings is 1. The van der Waals surface area contributed by atoms with E-state index in [-0.39, 0.29) is 6.42 Å². The van der Waals surface area contributed by atoms with Crippen molar-refractivity contribution >= 4 is 28.5 Å². The first-order chi connectivity index (χ1) is 26.1. The van der Waals surface area contributed by atoms with Gasteiger partial charge in [0, 0.05) is 24.7 Å². The second-order valence-corrected chi connectivity index (χ2v) is 13.8. The number of anilines is 1. The van der Waals surface area contributed by atoms with E-state index >= 15 is 0 Å². The number of carbonyl (C=O) groups excluding carboxylic acids is 2. The number of hydrogen-bond acceptors (Lipinski definition) is 6. The first kappa shape index (κ1) is 39.1. The summed E-state index contributed by atoms with van der Waals surface area (Å²) in [5.74, 6) is -0.696. The number of ether oxygens (including phenoxy) is 2. The molecule has 1 aromatic heterocycles. The van der Waals surface area contributed by atoms with Crippen LogP contribution in [-0.4, -0.2) is 36.8 Å². The van der Waals surface area contributed by atoms with Gasteiger partial charge in [0.05, 0.1) is 23.3 Å². The van der Waals surface area contributed by atoms with E-state index in [1.807, 2.05) is 36.5 Å². The molecular weight excluding hydrogens is 675 g/mol. The van der Waals surface area contributed by atoms with E-state index in [1.165, 1.54) is 38.7 Å². The molecule has 278 valence electrons. The largest absolute Gasteiger partial charge is 0.548 e. The van der Waals surface area contributed by atoms with Gasteiger partial charge in [-0.25, -0.2) is 9.78 Å². The maximum Gasteiger partial charge on any atom is 0.408 e. The minimum absolute atomic E-state index is 0.0839. The lowest BCUT2D eigenvalue weighted by atomic mass is 9.89. The minimum Gasteiger partial charge on any atom is -0.548 e. The van der Waals surface area contributed by atoms with Gasteiger partial charge >= 0.3 is 6.09 Å². The molecule has 1 atom stereocenters. The van der Waals surface area contributed by atoms with E-state index in [0.717, 1.165) is 24.2 Å². The number of aromatic nitrogens is 1. The van der Waals surface area contributed by atoms with Crippen LogP contribution in [0.2, 0.25) is 0 Å². The van der Waals surface area contributed by atoms with Crippen LogP contribution in [0.3, 0.4) is 0 Å². The van der Waals surface area contributed by atoms with Crippen molar-refractivity contribution in [1.29, 1.82) is 0 Å². The van der Waals surface area contributed by atoms with Gasteiger partial charge in [0.15, 0.2) is 12.4 Å². The molecule has 8 nitrogen and oxygen atoms in total. The number of carboxylic acids is 1. The lowest BCUT2D eigenvalue weighted by Crippen LogP contribution is -2.50. The van der Waals surface area contributed by atoms with Crippen molar-refractivity contribution in [3.8, 4) is 28.0 Å². The lowest BCUT2D eigenvalue weighted by molar-refractivity contribution is -0.377. The SMILES string of the molecule is CC(C)(C)OC(=O)N[C@H](Cc1ccc(OCc2ccccc2)cc1)C(=O)[O-].CCN(CC)c1cc[nH+]cc1-c1c(-c2ccccc2)ccc2ccccc12. The smallest absolute Gasteiger partial charge is 0.408 e. The number of carboxylic acid groups (broad SMARTS) is 1. The van der Waals surface area contributed by atoms with E-state index in [4.69, 9.17) is 9.47 Å². The number of rotatable bonds is 12. The van der Waals surface area contributed by atoms with Crippen molar-refractivity contribution in [1.82, 2.24) is 5.32 Å². The molecule has 0 bridgehead atoms. The number of nitrogens with one attached hydrogen (secondary N) is 2. The Bertz CT molecular complexity index is 2110. The number of aliphatic carboxylic acids is 1. The Morgan fingerprint density at radius 1 is 0.759 bits per heavy atom. The van der Waals surface area contributed by atoms with Crippen LogP contribution in [-0.2, 0) is 22.6 Å². The fourth-order valence-electron chi connectivity index (χ4n) is 6.22. The molecule has 1 heterocycles. The highest BCUT2D eigenvalue weighted by molar-refractivity contribution is 6.06. The van der Waals surface area contributed by atoms with Gasteiger partial charge in [-0.3, -0.25) is 0 Å². The Labute approximate surface area is 318 Å². The van der Waals surface area contributed by atoms with Gasteiger partial charge in [-0.05, 0) is 86.2 Å². The highest BCUT2D eigenvalue weighted by Crippen LogP contribution is 2.41. The van der Waals surface area contributed by atoms with Gasteiger partial charge in [0.1, 0.15) is 18.0 Å². The van der Waals surface area contributed by atoms with Crippen molar-refractivity contribution in [2.75, 3.05) is 18.0 Å². The summed E-state index contributed by atoms with van der Waals surface area (Å²) in [6, 6.07) is 41.6. The van der Waals surface area contributed by atoms with Crippen molar-refractivity contribution in [2.24, 2.45) is 0 Å². The summed E-state index contributed by atoms with van der Waals surface area (Å²) < 4.78 is 10.8. The van der Waals surface area contributed by atoms with Crippen LogP contribution in [0.5, 0.6) is 5.75 Å². The first-order valence-corrected chi connectivity index (χ1v) is 18.3. The molecule has 2 N–H and O–H groups in total. The van der Waals surface area contributed by atoms with Crippen molar-refractivity contribution in [2.45, 2.75) is 59.3 Å². The zero-order valence-electron chi connectivity index (χ0n) is 31.7.